The number of nitrogens with one attached hydrogen (secondary N) is 2. The normalized spacial score (nSPS) is 16.1. The quantitative estimate of drug-likeness (QED) is 0.305. The van der Waals surface area contributed by atoms with Crippen molar-refractivity contribution in [3.05, 3.63) is 23.9 Å². The molecule has 1 fully saturated rings. The summed E-state index contributed by atoms with van der Waals surface area (Å²) in [7, 11) is 3.51. The van der Waals surface area contributed by atoms with Gasteiger partial charge < -0.3 is 20.3 Å². The molecule has 0 radical (unpaired) electrons. The van der Waals surface area contributed by atoms with E-state index in [0.29, 0.717) is 30.7 Å². The van der Waals surface area contributed by atoms with Crippen LogP contribution in [0, 0.1) is 11.8 Å². The first-order valence-electron chi connectivity index (χ1n) is 10.7. The van der Waals surface area contributed by atoms with E-state index >= 15 is 0 Å². The SMILES string of the molecule is CN=C(NCc1ccnc(OC(C)CC(C)C)c1)N1CCC(CC(=O)NC)CC1.I. The first-order valence-corrected chi connectivity index (χ1v) is 10.7. The zero-order valence-corrected chi connectivity index (χ0v) is 21.3. The second-order valence-corrected chi connectivity index (χ2v) is 8.27. The highest BCUT2D eigenvalue weighted by molar-refractivity contribution is 14.0. The van der Waals surface area contributed by atoms with Crippen LogP contribution < -0.4 is 15.4 Å². The first kappa shape index (κ1) is 26.5. The summed E-state index contributed by atoms with van der Waals surface area (Å²) >= 11 is 0. The van der Waals surface area contributed by atoms with E-state index in [1.54, 1.807) is 13.2 Å². The van der Waals surface area contributed by atoms with Gasteiger partial charge >= 0.3 is 0 Å². The molecule has 2 rings (SSSR count). The van der Waals surface area contributed by atoms with Gasteiger partial charge in [0.1, 0.15) is 0 Å². The molecule has 2 heterocycles. The Balaban J connectivity index is 0.00000450. The largest absolute Gasteiger partial charge is 0.475 e. The van der Waals surface area contributed by atoms with Gasteiger partial charge in [0.2, 0.25) is 11.8 Å². The molecule has 1 aromatic heterocycles. The fourth-order valence-electron chi connectivity index (χ4n) is 3.77. The fraction of sp³-hybridized carbons (Fsp3) is 0.682. The summed E-state index contributed by atoms with van der Waals surface area (Å²) in [6.07, 6.45) is 5.58. The molecular weight excluding hydrogens is 493 g/mol. The number of aliphatic imine (C=N–C) groups is 1. The Morgan fingerprint density at radius 3 is 2.63 bits per heavy atom. The number of aromatic nitrogens is 1. The number of pyridine rings is 1. The number of carbonyl (C=O) groups is 1. The molecule has 30 heavy (non-hydrogen) atoms. The highest BCUT2D eigenvalue weighted by Gasteiger charge is 2.23. The molecular formula is C22H38IN5O2. The van der Waals surface area contributed by atoms with Crippen molar-refractivity contribution >= 4 is 35.8 Å². The standard InChI is InChI=1S/C22H37N5O2.HI/c1-16(2)12-17(3)29-21-14-19(6-9-25-21)15-26-22(24-5)27-10-7-18(8-11-27)13-20(28)23-4;/h6,9,14,16-18H,7-8,10-13,15H2,1-5H3,(H,23,28)(H,24,26);1H. The van der Waals surface area contributed by atoms with E-state index in [0.717, 1.165) is 43.9 Å². The highest BCUT2D eigenvalue weighted by atomic mass is 127. The number of piperidine rings is 1. The molecule has 2 N–H and O–H groups in total. The Bertz CT molecular complexity index is 675. The molecule has 0 saturated carbocycles. The van der Waals surface area contributed by atoms with Crippen LogP contribution in [0.4, 0.5) is 0 Å². The van der Waals surface area contributed by atoms with Gasteiger partial charge in [-0.2, -0.15) is 0 Å². The van der Waals surface area contributed by atoms with Crippen LogP contribution in [0.1, 0.15) is 52.0 Å². The Hall–Kier alpha value is -1.58. The topological polar surface area (TPSA) is 78.9 Å². The van der Waals surface area contributed by atoms with Crippen LogP contribution in [0.3, 0.4) is 0 Å². The van der Waals surface area contributed by atoms with E-state index in [2.05, 4.69) is 46.3 Å². The highest BCUT2D eigenvalue weighted by Crippen LogP contribution is 2.20. The van der Waals surface area contributed by atoms with Crippen molar-refractivity contribution in [1.29, 1.82) is 0 Å². The van der Waals surface area contributed by atoms with Gasteiger partial charge in [-0.25, -0.2) is 4.98 Å². The number of nitrogens with zero attached hydrogens (tertiary/aromatic N) is 3. The molecule has 7 nitrogen and oxygen atoms in total. The zero-order chi connectivity index (χ0) is 21.2. The van der Waals surface area contributed by atoms with Crippen molar-refractivity contribution in [3.8, 4) is 5.88 Å². The van der Waals surface area contributed by atoms with Gasteiger partial charge in [0.05, 0.1) is 6.10 Å². The van der Waals surface area contributed by atoms with E-state index < -0.39 is 0 Å². The number of ether oxygens (including phenoxy) is 1. The van der Waals surface area contributed by atoms with Crippen LogP contribution in [0.5, 0.6) is 5.88 Å². The summed E-state index contributed by atoms with van der Waals surface area (Å²) in [6.45, 7) is 8.98. The minimum absolute atomic E-state index is 0. The molecule has 1 aliphatic rings. The van der Waals surface area contributed by atoms with Crippen molar-refractivity contribution in [2.24, 2.45) is 16.8 Å². The number of likely N-dealkylation sites (tertiary alicyclic amines) is 1. The Morgan fingerprint density at radius 2 is 2.03 bits per heavy atom. The Labute approximate surface area is 198 Å². The van der Waals surface area contributed by atoms with Crippen LogP contribution in [0.25, 0.3) is 0 Å². The van der Waals surface area contributed by atoms with Crippen LogP contribution in [0.2, 0.25) is 0 Å². The molecule has 0 aliphatic carbocycles. The van der Waals surface area contributed by atoms with Gasteiger partial charge in [-0.3, -0.25) is 9.79 Å². The molecule has 1 aliphatic heterocycles. The average molecular weight is 531 g/mol. The summed E-state index contributed by atoms with van der Waals surface area (Å²) in [5.74, 6) is 2.75. The lowest BCUT2D eigenvalue weighted by Crippen LogP contribution is -2.45. The first-order chi connectivity index (χ1) is 13.9. The minimum Gasteiger partial charge on any atom is -0.475 e. The van der Waals surface area contributed by atoms with E-state index in [1.165, 1.54) is 0 Å². The fourth-order valence-corrected chi connectivity index (χ4v) is 3.77. The lowest BCUT2D eigenvalue weighted by atomic mass is 9.93. The summed E-state index contributed by atoms with van der Waals surface area (Å²) in [4.78, 5) is 22.6. The van der Waals surface area contributed by atoms with Gasteiger partial charge in [-0.1, -0.05) is 13.8 Å². The maximum atomic E-state index is 11.6. The van der Waals surface area contributed by atoms with Gasteiger partial charge in [0, 0.05) is 52.4 Å². The van der Waals surface area contributed by atoms with Crippen molar-refractivity contribution in [3.63, 3.8) is 0 Å². The molecule has 8 heteroatoms. The smallest absolute Gasteiger partial charge is 0.220 e. The molecule has 170 valence electrons. The van der Waals surface area contributed by atoms with E-state index in [9.17, 15) is 4.79 Å². The number of rotatable bonds is 8. The molecule has 0 spiro atoms. The summed E-state index contributed by atoms with van der Waals surface area (Å²) in [5, 5.41) is 6.17. The van der Waals surface area contributed by atoms with Crippen molar-refractivity contribution in [1.82, 2.24) is 20.5 Å². The molecule has 1 amide bonds. The molecule has 1 aromatic rings. The summed E-state index contributed by atoms with van der Waals surface area (Å²) < 4.78 is 5.96. The van der Waals surface area contributed by atoms with Crippen LogP contribution >= 0.6 is 24.0 Å². The minimum atomic E-state index is 0. The number of hydrogen-bond acceptors (Lipinski definition) is 4. The third-order valence-corrected chi connectivity index (χ3v) is 5.25. The third kappa shape index (κ3) is 9.06. The Kier molecular flexibility index (Phi) is 12.1. The molecule has 1 atom stereocenters. The molecule has 0 bridgehead atoms. The maximum absolute atomic E-state index is 11.6. The van der Waals surface area contributed by atoms with E-state index in [1.807, 2.05) is 19.2 Å². The number of guanidine groups is 1. The lowest BCUT2D eigenvalue weighted by molar-refractivity contribution is -0.121. The number of halogens is 1. The van der Waals surface area contributed by atoms with Gasteiger partial charge in [-0.05, 0) is 49.7 Å². The van der Waals surface area contributed by atoms with Crippen molar-refractivity contribution in [2.75, 3.05) is 27.2 Å². The van der Waals surface area contributed by atoms with Crippen LogP contribution in [-0.4, -0.2) is 55.0 Å². The monoisotopic (exact) mass is 531 g/mol. The average Bonchev–Trinajstić information content (AvgIpc) is 2.69. The van der Waals surface area contributed by atoms with Crippen molar-refractivity contribution in [2.45, 2.75) is 59.1 Å². The number of amides is 1. The Morgan fingerprint density at radius 1 is 1.33 bits per heavy atom. The zero-order valence-electron chi connectivity index (χ0n) is 19.0. The molecule has 1 saturated heterocycles. The lowest BCUT2D eigenvalue weighted by Gasteiger charge is -2.34. The van der Waals surface area contributed by atoms with Gasteiger partial charge in [0.15, 0.2) is 5.96 Å². The predicted octanol–water partition coefficient (Wildman–Crippen LogP) is 3.44. The van der Waals surface area contributed by atoms with Crippen molar-refractivity contribution < 1.29 is 9.53 Å². The number of hydrogen-bond donors (Lipinski definition) is 2. The molecule has 0 aromatic carbocycles. The summed E-state index contributed by atoms with van der Waals surface area (Å²) in [5.41, 5.74) is 1.11. The third-order valence-electron chi connectivity index (χ3n) is 5.25. The van der Waals surface area contributed by atoms with E-state index in [-0.39, 0.29) is 36.0 Å². The van der Waals surface area contributed by atoms with Gasteiger partial charge in [0.25, 0.3) is 0 Å². The van der Waals surface area contributed by atoms with Crippen LogP contribution in [0.15, 0.2) is 23.3 Å². The number of carbonyl (C=O) groups excluding carboxylic acids is 1. The molecule has 1 unspecified atom stereocenters. The second-order valence-electron chi connectivity index (χ2n) is 8.27. The predicted molar refractivity (Wildman–Crippen MR) is 132 cm³/mol. The van der Waals surface area contributed by atoms with Crippen LogP contribution in [-0.2, 0) is 11.3 Å². The maximum Gasteiger partial charge on any atom is 0.220 e. The summed E-state index contributed by atoms with van der Waals surface area (Å²) in [6, 6.07) is 3.99. The van der Waals surface area contributed by atoms with E-state index in [4.69, 9.17) is 4.74 Å². The van der Waals surface area contributed by atoms with Gasteiger partial charge in [-0.15, -0.1) is 24.0 Å². The second kappa shape index (κ2) is 13.7.